The van der Waals surface area contributed by atoms with Crippen molar-refractivity contribution in [3.8, 4) is 5.82 Å². The van der Waals surface area contributed by atoms with Gasteiger partial charge in [0.25, 0.3) is 0 Å². The Balaban J connectivity index is 1.70. The number of hydrogen-bond donors (Lipinski definition) is 1. The second kappa shape index (κ2) is 6.13. The van der Waals surface area contributed by atoms with Gasteiger partial charge in [-0.3, -0.25) is 4.79 Å². The van der Waals surface area contributed by atoms with Crippen molar-refractivity contribution in [2.75, 3.05) is 5.32 Å². The smallest absolute Gasteiger partial charge is 0.226 e. The molecule has 5 rings (SSSR count). The molecule has 4 aromatic rings. The monoisotopic (exact) mass is 393 g/mol. The minimum Gasteiger partial charge on any atom is -0.310 e. The highest BCUT2D eigenvalue weighted by molar-refractivity contribution is 6.31. The van der Waals surface area contributed by atoms with Gasteiger partial charge in [-0.15, -0.1) is 15.3 Å². The molecule has 9 heteroatoms. The third kappa shape index (κ3) is 2.49. The quantitative estimate of drug-likeness (QED) is 0.565. The van der Waals surface area contributed by atoms with Gasteiger partial charge < -0.3 is 5.32 Å². The van der Waals surface area contributed by atoms with Crippen molar-refractivity contribution in [2.45, 2.75) is 26.2 Å². The molecule has 1 unspecified atom stereocenters. The van der Waals surface area contributed by atoms with E-state index in [0.29, 0.717) is 34.6 Å². The molecule has 140 valence electrons. The molecule has 1 atom stereocenters. The van der Waals surface area contributed by atoms with E-state index in [1.807, 2.05) is 44.2 Å². The van der Waals surface area contributed by atoms with Gasteiger partial charge >= 0.3 is 0 Å². The predicted molar refractivity (Wildman–Crippen MR) is 104 cm³/mol. The van der Waals surface area contributed by atoms with E-state index in [0.717, 1.165) is 16.8 Å². The number of amides is 1. The van der Waals surface area contributed by atoms with Crippen molar-refractivity contribution in [2.24, 2.45) is 0 Å². The molecule has 0 radical (unpaired) electrons. The molecule has 8 nitrogen and oxygen atoms in total. The molecule has 0 bridgehead atoms. The third-order valence-electron chi connectivity index (χ3n) is 5.00. The normalized spacial score (nSPS) is 16.2. The molecule has 0 spiro atoms. The van der Waals surface area contributed by atoms with E-state index < -0.39 is 0 Å². The molecule has 1 N–H and O–H groups in total. The Morgan fingerprint density at radius 2 is 1.93 bits per heavy atom. The van der Waals surface area contributed by atoms with Crippen LogP contribution < -0.4 is 5.32 Å². The van der Waals surface area contributed by atoms with E-state index >= 15 is 0 Å². The van der Waals surface area contributed by atoms with Crippen molar-refractivity contribution in [1.29, 1.82) is 0 Å². The van der Waals surface area contributed by atoms with Crippen molar-refractivity contribution in [3.63, 3.8) is 0 Å². The van der Waals surface area contributed by atoms with E-state index in [4.69, 9.17) is 11.6 Å². The van der Waals surface area contributed by atoms with Crippen molar-refractivity contribution < 1.29 is 4.79 Å². The average molecular weight is 394 g/mol. The van der Waals surface area contributed by atoms with E-state index in [-0.39, 0.29) is 11.8 Å². The Morgan fingerprint density at radius 3 is 2.75 bits per heavy atom. The number of anilines is 1. The zero-order valence-electron chi connectivity index (χ0n) is 15.2. The summed E-state index contributed by atoms with van der Waals surface area (Å²) in [6.07, 6.45) is 0.320. The first-order chi connectivity index (χ1) is 13.5. The fourth-order valence-corrected chi connectivity index (χ4v) is 4.00. The Hall–Kier alpha value is -3.26. The molecule has 1 aromatic carbocycles. The maximum absolute atomic E-state index is 12.5. The molecule has 0 aliphatic carbocycles. The Kier molecular flexibility index (Phi) is 3.70. The first-order valence-electron chi connectivity index (χ1n) is 8.86. The zero-order chi connectivity index (χ0) is 19.4. The summed E-state index contributed by atoms with van der Waals surface area (Å²) in [4.78, 5) is 12.5. The van der Waals surface area contributed by atoms with Crippen LogP contribution in [0.1, 0.15) is 35.0 Å². The summed E-state index contributed by atoms with van der Waals surface area (Å²) in [6, 6.07) is 11.2. The van der Waals surface area contributed by atoms with Crippen LogP contribution in [0.4, 0.5) is 5.82 Å². The minimum atomic E-state index is -0.161. The summed E-state index contributed by atoms with van der Waals surface area (Å²) in [5.74, 6) is 1.62. The van der Waals surface area contributed by atoms with Gasteiger partial charge in [-0.25, -0.2) is 0 Å². The number of rotatable bonds is 2. The predicted octanol–water partition coefficient (Wildman–Crippen LogP) is 3.05. The number of nitrogens with zero attached hydrogens (tertiary/aromatic N) is 6. The fraction of sp³-hybridized carbons (Fsp3) is 0.211. The molecule has 1 amide bonds. The van der Waals surface area contributed by atoms with E-state index in [9.17, 15) is 4.79 Å². The van der Waals surface area contributed by atoms with Crippen molar-refractivity contribution >= 4 is 29.0 Å². The average Bonchev–Trinajstić information content (AvgIpc) is 3.21. The van der Waals surface area contributed by atoms with Crippen LogP contribution in [0, 0.1) is 13.8 Å². The van der Waals surface area contributed by atoms with Gasteiger partial charge in [0.2, 0.25) is 5.91 Å². The van der Waals surface area contributed by atoms with Crippen LogP contribution in [0.3, 0.4) is 0 Å². The van der Waals surface area contributed by atoms with E-state index in [1.54, 1.807) is 15.3 Å². The van der Waals surface area contributed by atoms with Gasteiger partial charge in [-0.2, -0.15) is 14.3 Å². The van der Waals surface area contributed by atoms with E-state index in [1.165, 1.54) is 0 Å². The van der Waals surface area contributed by atoms with Crippen LogP contribution in [-0.2, 0) is 4.79 Å². The van der Waals surface area contributed by atoms with Gasteiger partial charge in [0, 0.05) is 22.9 Å². The van der Waals surface area contributed by atoms with Crippen LogP contribution in [0.2, 0.25) is 5.02 Å². The molecule has 1 aliphatic rings. The highest BCUT2D eigenvalue weighted by atomic mass is 35.5. The largest absolute Gasteiger partial charge is 0.310 e. The molecule has 0 saturated heterocycles. The zero-order valence-corrected chi connectivity index (χ0v) is 16.0. The molecular weight excluding hydrogens is 378 g/mol. The molecule has 3 aromatic heterocycles. The molecule has 4 heterocycles. The van der Waals surface area contributed by atoms with Crippen LogP contribution in [0.5, 0.6) is 0 Å². The number of aromatic nitrogens is 6. The Morgan fingerprint density at radius 1 is 1.11 bits per heavy atom. The lowest BCUT2D eigenvalue weighted by atomic mass is 9.86. The van der Waals surface area contributed by atoms with Gasteiger partial charge in [0.1, 0.15) is 5.82 Å². The summed E-state index contributed by atoms with van der Waals surface area (Å²) in [5.41, 5.74) is 3.34. The van der Waals surface area contributed by atoms with Crippen LogP contribution in [-0.4, -0.2) is 35.5 Å². The molecule has 28 heavy (non-hydrogen) atoms. The number of nitrogens with one attached hydrogen (secondary N) is 1. The Bertz CT molecular complexity index is 1240. The van der Waals surface area contributed by atoms with Crippen molar-refractivity contribution in [3.05, 3.63) is 64.1 Å². The maximum Gasteiger partial charge on any atom is 0.226 e. The van der Waals surface area contributed by atoms with Gasteiger partial charge in [-0.05, 0) is 37.6 Å². The summed E-state index contributed by atoms with van der Waals surface area (Å²) in [5, 5.41) is 20.9. The number of hydrogen-bond acceptors (Lipinski definition) is 5. The summed E-state index contributed by atoms with van der Waals surface area (Å²) >= 11 is 6.43. The first-order valence-corrected chi connectivity index (χ1v) is 9.24. The summed E-state index contributed by atoms with van der Waals surface area (Å²) in [6.45, 7) is 3.76. The van der Waals surface area contributed by atoms with Crippen LogP contribution in [0.25, 0.3) is 11.5 Å². The number of halogens is 1. The van der Waals surface area contributed by atoms with Gasteiger partial charge in [-0.1, -0.05) is 29.8 Å². The van der Waals surface area contributed by atoms with Gasteiger partial charge in [0.15, 0.2) is 17.3 Å². The van der Waals surface area contributed by atoms with Gasteiger partial charge in [0.05, 0.1) is 5.69 Å². The SMILES string of the molecule is Cc1nn(-c2ccc3nnc(C)n3n2)c2c1C(c1ccccc1Cl)CC(=O)N2. The number of carbonyl (C=O) groups is 1. The molecule has 0 saturated carbocycles. The summed E-state index contributed by atoms with van der Waals surface area (Å²) < 4.78 is 3.30. The molecule has 1 aliphatic heterocycles. The minimum absolute atomic E-state index is 0.0832. The van der Waals surface area contributed by atoms with Crippen LogP contribution >= 0.6 is 11.6 Å². The lowest BCUT2D eigenvalue weighted by Crippen LogP contribution is -2.25. The van der Waals surface area contributed by atoms with Crippen LogP contribution in [0.15, 0.2) is 36.4 Å². The highest BCUT2D eigenvalue weighted by Crippen LogP contribution is 2.42. The first kappa shape index (κ1) is 16.9. The number of aryl methyl sites for hydroxylation is 2. The number of fused-ring (bicyclic) bond motifs is 2. The number of benzene rings is 1. The van der Waals surface area contributed by atoms with Crippen molar-refractivity contribution in [1.82, 2.24) is 29.6 Å². The topological polar surface area (TPSA) is 90.0 Å². The second-order valence-electron chi connectivity index (χ2n) is 6.79. The number of carbonyl (C=O) groups excluding carboxylic acids is 1. The highest BCUT2D eigenvalue weighted by Gasteiger charge is 2.33. The standard InChI is InChI=1S/C19H16ClN7O/c1-10-18-13(12-5-3-4-6-14(12)20)9-17(28)21-19(18)27(24-10)16-8-7-15-23-22-11(2)26(15)25-16/h3-8,13H,9H2,1-2H3,(H,21,28). The fourth-order valence-electron chi connectivity index (χ4n) is 3.74. The third-order valence-corrected chi connectivity index (χ3v) is 5.35. The lowest BCUT2D eigenvalue weighted by Gasteiger charge is -2.25. The lowest BCUT2D eigenvalue weighted by molar-refractivity contribution is -0.116. The second-order valence-corrected chi connectivity index (χ2v) is 7.20. The molecular formula is C19H16ClN7O. The maximum atomic E-state index is 12.5. The Labute approximate surface area is 165 Å². The molecule has 0 fully saturated rings. The van der Waals surface area contributed by atoms with E-state index in [2.05, 4.69) is 25.7 Å². The summed E-state index contributed by atoms with van der Waals surface area (Å²) in [7, 11) is 0.